The van der Waals surface area contributed by atoms with Gasteiger partial charge >= 0.3 is 6.18 Å². The summed E-state index contributed by atoms with van der Waals surface area (Å²) in [7, 11) is 1.60. The lowest BCUT2D eigenvalue weighted by Crippen LogP contribution is -2.24. The molecule has 0 spiro atoms. The van der Waals surface area contributed by atoms with Crippen molar-refractivity contribution in [2.24, 2.45) is 0 Å². The third kappa shape index (κ3) is 4.97. The molecule has 4 rings (SSSR count). The molecule has 0 aromatic heterocycles. The minimum Gasteiger partial charge on any atom is -0.493 e. The SMILES string of the molecule is COc1ccc([C@@H]2CC(=O)N(Cc3cccc(C(F)(F)F)c3)C2)cc1OC1CCCC1. The second-order valence-corrected chi connectivity index (χ2v) is 8.31. The molecule has 31 heavy (non-hydrogen) atoms. The Morgan fingerprint density at radius 1 is 1.06 bits per heavy atom. The lowest BCUT2D eigenvalue weighted by atomic mass is 9.98. The molecule has 2 aromatic rings. The lowest BCUT2D eigenvalue weighted by molar-refractivity contribution is -0.137. The van der Waals surface area contributed by atoms with Gasteiger partial charge in [-0.05, 0) is 61.1 Å². The molecule has 0 radical (unpaired) electrons. The standard InChI is InChI=1S/C24H26F3NO3/c1-30-21-10-9-17(12-22(21)31-20-7-2-3-8-20)18-13-23(29)28(15-18)14-16-5-4-6-19(11-16)24(25,26)27/h4-6,9-12,18,20H,2-3,7-8,13-15H2,1H3/t18-/m1/s1. The van der Waals surface area contributed by atoms with Crippen molar-refractivity contribution in [3.05, 3.63) is 59.2 Å². The number of halogens is 3. The summed E-state index contributed by atoms with van der Waals surface area (Å²) in [5, 5.41) is 0. The summed E-state index contributed by atoms with van der Waals surface area (Å²) in [5.74, 6) is 1.27. The van der Waals surface area contributed by atoms with E-state index in [0.717, 1.165) is 43.4 Å². The highest BCUT2D eigenvalue weighted by atomic mass is 19.4. The van der Waals surface area contributed by atoms with Gasteiger partial charge in [0.15, 0.2) is 11.5 Å². The van der Waals surface area contributed by atoms with Crippen LogP contribution < -0.4 is 9.47 Å². The van der Waals surface area contributed by atoms with E-state index < -0.39 is 11.7 Å². The summed E-state index contributed by atoms with van der Waals surface area (Å²) in [4.78, 5) is 14.2. The van der Waals surface area contributed by atoms with E-state index >= 15 is 0 Å². The number of rotatable bonds is 6. The molecule has 4 nitrogen and oxygen atoms in total. The largest absolute Gasteiger partial charge is 0.493 e. The van der Waals surface area contributed by atoms with Gasteiger partial charge in [-0.3, -0.25) is 4.79 Å². The number of ether oxygens (including phenoxy) is 2. The fraction of sp³-hybridized carbons (Fsp3) is 0.458. The highest BCUT2D eigenvalue weighted by Gasteiger charge is 2.33. The number of benzene rings is 2. The fourth-order valence-corrected chi connectivity index (χ4v) is 4.44. The van der Waals surface area contributed by atoms with E-state index in [1.165, 1.54) is 6.07 Å². The molecule has 2 aromatic carbocycles. The first-order valence-electron chi connectivity index (χ1n) is 10.6. The van der Waals surface area contributed by atoms with Crippen LogP contribution in [-0.4, -0.2) is 30.6 Å². The number of alkyl halides is 3. The van der Waals surface area contributed by atoms with Gasteiger partial charge in [0.1, 0.15) is 0 Å². The summed E-state index contributed by atoms with van der Waals surface area (Å²) >= 11 is 0. The van der Waals surface area contributed by atoms with Crippen molar-refractivity contribution in [3.63, 3.8) is 0 Å². The third-order valence-electron chi connectivity index (χ3n) is 6.10. The van der Waals surface area contributed by atoms with E-state index in [2.05, 4.69) is 0 Å². The van der Waals surface area contributed by atoms with Gasteiger partial charge in [-0.2, -0.15) is 13.2 Å². The Balaban J connectivity index is 1.48. The maximum atomic E-state index is 13.0. The maximum Gasteiger partial charge on any atom is 0.416 e. The zero-order valence-corrected chi connectivity index (χ0v) is 17.5. The van der Waals surface area contributed by atoms with Gasteiger partial charge in [-0.15, -0.1) is 0 Å². The van der Waals surface area contributed by atoms with Crippen LogP contribution in [0.3, 0.4) is 0 Å². The zero-order valence-electron chi connectivity index (χ0n) is 17.5. The van der Waals surface area contributed by atoms with Crippen LogP contribution in [0.25, 0.3) is 0 Å². The summed E-state index contributed by atoms with van der Waals surface area (Å²) in [6.07, 6.45) is 0.496. The van der Waals surface area contributed by atoms with E-state index in [4.69, 9.17) is 9.47 Å². The van der Waals surface area contributed by atoms with Crippen molar-refractivity contribution in [2.75, 3.05) is 13.7 Å². The quantitative estimate of drug-likeness (QED) is 0.600. The van der Waals surface area contributed by atoms with Crippen LogP contribution in [0, 0.1) is 0 Å². The molecule has 1 atom stereocenters. The molecule has 2 aliphatic rings. The van der Waals surface area contributed by atoms with Crippen LogP contribution in [0.5, 0.6) is 11.5 Å². The molecule has 0 bridgehead atoms. The van der Waals surface area contributed by atoms with E-state index in [9.17, 15) is 18.0 Å². The van der Waals surface area contributed by atoms with Crippen LogP contribution in [0.2, 0.25) is 0 Å². The first-order valence-corrected chi connectivity index (χ1v) is 10.6. The Bertz CT molecular complexity index is 938. The third-order valence-corrected chi connectivity index (χ3v) is 6.10. The Morgan fingerprint density at radius 2 is 1.84 bits per heavy atom. The molecule has 7 heteroatoms. The highest BCUT2D eigenvalue weighted by Crippen LogP contribution is 2.37. The molecule has 0 N–H and O–H groups in total. The molecule has 1 saturated heterocycles. The molecule has 166 valence electrons. The summed E-state index contributed by atoms with van der Waals surface area (Å²) < 4.78 is 50.6. The number of hydrogen-bond acceptors (Lipinski definition) is 3. The molecule has 1 aliphatic carbocycles. The smallest absolute Gasteiger partial charge is 0.416 e. The number of hydrogen-bond donors (Lipinski definition) is 0. The van der Waals surface area contributed by atoms with Crippen molar-refractivity contribution in [3.8, 4) is 11.5 Å². The van der Waals surface area contributed by atoms with Crippen molar-refractivity contribution in [2.45, 2.75) is 56.8 Å². The van der Waals surface area contributed by atoms with Gasteiger partial charge in [0, 0.05) is 25.4 Å². The van der Waals surface area contributed by atoms with Crippen LogP contribution in [0.1, 0.15) is 54.7 Å². The topological polar surface area (TPSA) is 38.8 Å². The van der Waals surface area contributed by atoms with Crippen LogP contribution >= 0.6 is 0 Å². The highest BCUT2D eigenvalue weighted by molar-refractivity contribution is 5.79. The summed E-state index contributed by atoms with van der Waals surface area (Å²) in [6.45, 7) is 0.630. The number of carbonyl (C=O) groups excluding carboxylic acids is 1. The molecule has 1 saturated carbocycles. The molecule has 1 heterocycles. The summed E-state index contributed by atoms with van der Waals surface area (Å²) in [6, 6.07) is 10.9. The average molecular weight is 433 g/mol. The minimum absolute atomic E-state index is 0.0323. The van der Waals surface area contributed by atoms with Crippen molar-refractivity contribution in [1.82, 2.24) is 4.90 Å². The van der Waals surface area contributed by atoms with E-state index in [1.807, 2.05) is 18.2 Å². The van der Waals surface area contributed by atoms with E-state index in [-0.39, 0.29) is 24.5 Å². The molecular weight excluding hydrogens is 407 g/mol. The predicted octanol–water partition coefficient (Wildman–Crippen LogP) is 5.55. The van der Waals surface area contributed by atoms with Crippen molar-refractivity contribution in [1.29, 1.82) is 0 Å². The first-order chi connectivity index (χ1) is 14.8. The monoisotopic (exact) mass is 433 g/mol. The van der Waals surface area contributed by atoms with Crippen molar-refractivity contribution >= 4 is 5.91 Å². The Morgan fingerprint density at radius 3 is 2.55 bits per heavy atom. The van der Waals surface area contributed by atoms with Gasteiger partial charge in [0.05, 0.1) is 18.8 Å². The Labute approximate surface area is 180 Å². The number of carbonyl (C=O) groups is 1. The molecule has 1 aliphatic heterocycles. The first kappa shape index (κ1) is 21.5. The van der Waals surface area contributed by atoms with E-state index in [0.29, 0.717) is 30.0 Å². The van der Waals surface area contributed by atoms with Crippen molar-refractivity contribution < 1.29 is 27.4 Å². The molecule has 1 amide bonds. The minimum atomic E-state index is -4.40. The molecule has 2 fully saturated rings. The second kappa shape index (κ2) is 8.81. The van der Waals surface area contributed by atoms with Crippen LogP contribution in [-0.2, 0) is 17.5 Å². The van der Waals surface area contributed by atoms with Gasteiger partial charge in [0.2, 0.25) is 5.91 Å². The Kier molecular flexibility index (Phi) is 6.12. The average Bonchev–Trinajstić information content (AvgIpc) is 3.37. The predicted molar refractivity (Wildman–Crippen MR) is 110 cm³/mol. The summed E-state index contributed by atoms with van der Waals surface area (Å²) in [5.41, 5.74) is 0.759. The normalized spacial score (nSPS) is 19.8. The number of nitrogens with zero attached hydrogens (tertiary/aromatic N) is 1. The van der Waals surface area contributed by atoms with Gasteiger partial charge < -0.3 is 14.4 Å². The number of methoxy groups -OCH3 is 1. The van der Waals surface area contributed by atoms with Crippen LogP contribution in [0.4, 0.5) is 13.2 Å². The zero-order chi connectivity index (χ0) is 22.0. The number of amides is 1. The fourth-order valence-electron chi connectivity index (χ4n) is 4.44. The van der Waals surface area contributed by atoms with Crippen LogP contribution in [0.15, 0.2) is 42.5 Å². The van der Waals surface area contributed by atoms with Gasteiger partial charge in [-0.1, -0.05) is 18.2 Å². The van der Waals surface area contributed by atoms with E-state index in [1.54, 1.807) is 18.1 Å². The second-order valence-electron chi connectivity index (χ2n) is 8.31. The lowest BCUT2D eigenvalue weighted by Gasteiger charge is -2.20. The Hall–Kier alpha value is -2.70. The maximum absolute atomic E-state index is 13.0. The molecular formula is C24H26F3NO3. The number of likely N-dealkylation sites (tertiary alicyclic amines) is 1. The van der Waals surface area contributed by atoms with Gasteiger partial charge in [0.25, 0.3) is 0 Å². The molecule has 0 unspecified atom stereocenters. The van der Waals surface area contributed by atoms with Gasteiger partial charge in [-0.25, -0.2) is 0 Å².